The SMILES string of the molecule is CC(CC#N)NC1CCN(Cc2ccccc2)CC1. The second-order valence-corrected chi connectivity index (χ2v) is 5.47. The van der Waals surface area contributed by atoms with E-state index in [4.69, 9.17) is 5.26 Å². The van der Waals surface area contributed by atoms with E-state index in [9.17, 15) is 0 Å². The predicted octanol–water partition coefficient (Wildman–Crippen LogP) is 2.54. The molecule has 0 radical (unpaired) electrons. The molecule has 0 amide bonds. The number of likely N-dealkylation sites (tertiary alicyclic amines) is 1. The fourth-order valence-electron chi connectivity index (χ4n) is 2.70. The number of piperidine rings is 1. The van der Waals surface area contributed by atoms with Crippen LogP contribution in [0.25, 0.3) is 0 Å². The van der Waals surface area contributed by atoms with Crippen LogP contribution in [0.3, 0.4) is 0 Å². The van der Waals surface area contributed by atoms with Gasteiger partial charge in [-0.3, -0.25) is 4.90 Å². The third-order valence-corrected chi connectivity index (χ3v) is 3.75. The van der Waals surface area contributed by atoms with E-state index < -0.39 is 0 Å². The molecule has 1 fully saturated rings. The van der Waals surface area contributed by atoms with Gasteiger partial charge in [0, 0.05) is 18.6 Å². The van der Waals surface area contributed by atoms with Crippen LogP contribution in [0.5, 0.6) is 0 Å². The largest absolute Gasteiger partial charge is 0.310 e. The van der Waals surface area contributed by atoms with Gasteiger partial charge in [0.2, 0.25) is 0 Å². The Bertz CT molecular complexity index is 402. The van der Waals surface area contributed by atoms with Gasteiger partial charge in [0.1, 0.15) is 0 Å². The summed E-state index contributed by atoms with van der Waals surface area (Å²) in [6.07, 6.45) is 2.97. The second kappa shape index (κ2) is 7.28. The molecule has 1 unspecified atom stereocenters. The van der Waals surface area contributed by atoms with Gasteiger partial charge in [0.05, 0.1) is 12.5 Å². The van der Waals surface area contributed by atoms with Crippen LogP contribution >= 0.6 is 0 Å². The molecule has 1 atom stereocenters. The van der Waals surface area contributed by atoms with E-state index in [-0.39, 0.29) is 0 Å². The molecule has 1 aromatic carbocycles. The third kappa shape index (κ3) is 4.66. The summed E-state index contributed by atoms with van der Waals surface area (Å²) < 4.78 is 0. The Morgan fingerprint density at radius 1 is 1.32 bits per heavy atom. The van der Waals surface area contributed by atoms with E-state index in [1.165, 1.54) is 18.4 Å². The number of nitrogens with zero attached hydrogens (tertiary/aromatic N) is 2. The van der Waals surface area contributed by atoms with E-state index in [0.29, 0.717) is 18.5 Å². The minimum atomic E-state index is 0.315. The summed E-state index contributed by atoms with van der Waals surface area (Å²) in [5, 5.41) is 12.2. The van der Waals surface area contributed by atoms with Crippen molar-refractivity contribution >= 4 is 0 Å². The van der Waals surface area contributed by atoms with Crippen molar-refractivity contribution < 1.29 is 0 Å². The highest BCUT2D eigenvalue weighted by Crippen LogP contribution is 2.14. The third-order valence-electron chi connectivity index (χ3n) is 3.75. The molecule has 19 heavy (non-hydrogen) atoms. The molecule has 0 aromatic heterocycles. The highest BCUT2D eigenvalue weighted by Gasteiger charge is 2.20. The van der Waals surface area contributed by atoms with Crippen LogP contribution in [0.15, 0.2) is 30.3 Å². The lowest BCUT2D eigenvalue weighted by atomic mass is 10.0. The molecule has 1 saturated heterocycles. The summed E-state index contributed by atoms with van der Waals surface area (Å²) in [7, 11) is 0. The first kappa shape index (κ1) is 14.0. The van der Waals surface area contributed by atoms with Crippen LogP contribution in [-0.2, 0) is 6.54 Å². The topological polar surface area (TPSA) is 39.1 Å². The molecule has 1 heterocycles. The number of rotatable bonds is 5. The van der Waals surface area contributed by atoms with Crippen molar-refractivity contribution in [3.05, 3.63) is 35.9 Å². The van der Waals surface area contributed by atoms with Gasteiger partial charge in [-0.2, -0.15) is 5.26 Å². The first-order valence-electron chi connectivity index (χ1n) is 7.17. The molecule has 0 bridgehead atoms. The number of nitrogens with one attached hydrogen (secondary N) is 1. The van der Waals surface area contributed by atoms with Crippen molar-refractivity contribution in [2.24, 2.45) is 0 Å². The lowest BCUT2D eigenvalue weighted by Crippen LogP contribution is -2.45. The van der Waals surface area contributed by atoms with Gasteiger partial charge >= 0.3 is 0 Å². The van der Waals surface area contributed by atoms with Crippen LogP contribution in [0.2, 0.25) is 0 Å². The number of hydrogen-bond acceptors (Lipinski definition) is 3. The minimum Gasteiger partial charge on any atom is -0.310 e. The fourth-order valence-corrected chi connectivity index (χ4v) is 2.70. The van der Waals surface area contributed by atoms with Gasteiger partial charge in [0.25, 0.3) is 0 Å². The zero-order valence-corrected chi connectivity index (χ0v) is 11.7. The van der Waals surface area contributed by atoms with Crippen molar-refractivity contribution in [2.75, 3.05) is 13.1 Å². The highest BCUT2D eigenvalue weighted by molar-refractivity contribution is 5.14. The molecule has 3 nitrogen and oxygen atoms in total. The van der Waals surface area contributed by atoms with Gasteiger partial charge in [0.15, 0.2) is 0 Å². The molecule has 1 N–H and O–H groups in total. The smallest absolute Gasteiger partial charge is 0.0638 e. The summed E-state index contributed by atoms with van der Waals surface area (Å²) in [5.41, 5.74) is 1.40. The van der Waals surface area contributed by atoms with Crippen molar-refractivity contribution in [3.8, 4) is 6.07 Å². The van der Waals surface area contributed by atoms with E-state index in [0.717, 1.165) is 19.6 Å². The van der Waals surface area contributed by atoms with Crippen molar-refractivity contribution in [1.29, 1.82) is 5.26 Å². The molecule has 1 aliphatic heterocycles. The monoisotopic (exact) mass is 257 g/mol. The Morgan fingerprint density at radius 2 is 2.00 bits per heavy atom. The van der Waals surface area contributed by atoms with Gasteiger partial charge in [-0.1, -0.05) is 30.3 Å². The predicted molar refractivity (Wildman–Crippen MR) is 77.6 cm³/mol. The summed E-state index contributed by atoms with van der Waals surface area (Å²) >= 11 is 0. The lowest BCUT2D eigenvalue weighted by Gasteiger charge is -2.33. The quantitative estimate of drug-likeness (QED) is 0.881. The molecular weight excluding hydrogens is 234 g/mol. The summed E-state index contributed by atoms with van der Waals surface area (Å²) in [5.74, 6) is 0. The molecule has 0 aliphatic carbocycles. The molecular formula is C16H23N3. The van der Waals surface area contributed by atoms with Crippen molar-refractivity contribution in [1.82, 2.24) is 10.2 Å². The average molecular weight is 257 g/mol. The number of hydrogen-bond donors (Lipinski definition) is 1. The maximum Gasteiger partial charge on any atom is 0.0638 e. The van der Waals surface area contributed by atoms with Gasteiger partial charge in [-0.25, -0.2) is 0 Å². The van der Waals surface area contributed by atoms with E-state index in [1.54, 1.807) is 0 Å². The molecule has 0 saturated carbocycles. The Hall–Kier alpha value is -1.37. The first-order chi connectivity index (χ1) is 9.28. The van der Waals surface area contributed by atoms with Crippen molar-refractivity contribution in [3.63, 3.8) is 0 Å². The molecule has 1 aromatic rings. The summed E-state index contributed by atoms with van der Waals surface area (Å²) in [4.78, 5) is 2.52. The van der Waals surface area contributed by atoms with Crippen LogP contribution in [0.4, 0.5) is 0 Å². The average Bonchev–Trinajstić information content (AvgIpc) is 2.42. The Morgan fingerprint density at radius 3 is 2.63 bits per heavy atom. The Labute approximate surface area is 116 Å². The van der Waals surface area contributed by atoms with Crippen LogP contribution in [0.1, 0.15) is 31.7 Å². The molecule has 3 heteroatoms. The van der Waals surface area contributed by atoms with Crippen LogP contribution in [-0.4, -0.2) is 30.1 Å². The van der Waals surface area contributed by atoms with Crippen LogP contribution in [0, 0.1) is 11.3 Å². The zero-order valence-electron chi connectivity index (χ0n) is 11.7. The van der Waals surface area contributed by atoms with E-state index in [2.05, 4.69) is 53.5 Å². The number of benzene rings is 1. The minimum absolute atomic E-state index is 0.315. The molecule has 1 aliphatic rings. The van der Waals surface area contributed by atoms with Gasteiger partial charge in [-0.15, -0.1) is 0 Å². The van der Waals surface area contributed by atoms with Gasteiger partial charge in [-0.05, 0) is 38.4 Å². The van der Waals surface area contributed by atoms with Gasteiger partial charge < -0.3 is 5.32 Å². The zero-order chi connectivity index (χ0) is 13.5. The van der Waals surface area contributed by atoms with E-state index in [1.807, 2.05) is 0 Å². The first-order valence-corrected chi connectivity index (χ1v) is 7.17. The van der Waals surface area contributed by atoms with Crippen molar-refractivity contribution in [2.45, 2.75) is 44.8 Å². The Kier molecular flexibility index (Phi) is 5.38. The highest BCUT2D eigenvalue weighted by atomic mass is 15.1. The maximum absolute atomic E-state index is 8.67. The second-order valence-electron chi connectivity index (χ2n) is 5.47. The van der Waals surface area contributed by atoms with E-state index >= 15 is 0 Å². The normalized spacial score (nSPS) is 18.9. The standard InChI is InChI=1S/C16H23N3/c1-14(7-10-17)18-16-8-11-19(12-9-16)13-15-5-3-2-4-6-15/h2-6,14,16,18H,7-9,11-13H2,1H3. The maximum atomic E-state index is 8.67. The summed E-state index contributed by atoms with van der Waals surface area (Å²) in [6.45, 7) is 5.44. The molecule has 102 valence electrons. The number of nitriles is 1. The summed E-state index contributed by atoms with van der Waals surface area (Å²) in [6, 6.07) is 13.8. The molecule has 2 rings (SSSR count). The molecule has 0 spiro atoms. The lowest BCUT2D eigenvalue weighted by molar-refractivity contribution is 0.185. The fraction of sp³-hybridized carbons (Fsp3) is 0.562. The van der Waals surface area contributed by atoms with Crippen LogP contribution < -0.4 is 5.32 Å². The Balaban J connectivity index is 1.72.